The Bertz CT molecular complexity index is 4030. The first-order chi connectivity index (χ1) is 34.7. The molecule has 1 aliphatic rings. The molecule has 0 saturated carbocycles. The van der Waals surface area contributed by atoms with Crippen LogP contribution in [0.3, 0.4) is 0 Å². The molecule has 0 atom stereocenters. The number of fused-ring (bicyclic) bond motifs is 9. The highest BCUT2D eigenvalue weighted by Gasteiger charge is 2.46. The topological polar surface area (TPSA) is 8.17 Å². The second kappa shape index (κ2) is 16.2. The summed E-state index contributed by atoms with van der Waals surface area (Å²) in [6, 6.07) is 98.6. The van der Waals surface area contributed by atoms with Crippen molar-refractivity contribution in [3.05, 3.63) is 289 Å². The SMILES string of the molecule is c1ccc(C2(c3ccccc3)c3ccccc3-c3cc(N(c4ccc(-c5cccc(-c6ccc7sc8ccccc8c7c6)c5)cc4)c4cccc(-n5c6ccccc6c6ccccc65)c4)ccc32)cc1. The summed E-state index contributed by atoms with van der Waals surface area (Å²) in [7, 11) is 0. The molecule has 3 heteroatoms. The van der Waals surface area contributed by atoms with E-state index in [9.17, 15) is 0 Å². The minimum absolute atomic E-state index is 0.478. The molecule has 0 radical (unpaired) electrons. The summed E-state index contributed by atoms with van der Waals surface area (Å²) in [5.74, 6) is 0. The maximum atomic E-state index is 2.44. The third-order valence-electron chi connectivity index (χ3n) is 14.7. The van der Waals surface area contributed by atoms with Gasteiger partial charge in [-0.1, -0.05) is 188 Å². The van der Waals surface area contributed by atoms with Gasteiger partial charge in [0.15, 0.2) is 0 Å². The fourth-order valence-electron chi connectivity index (χ4n) is 11.6. The molecule has 11 aromatic carbocycles. The van der Waals surface area contributed by atoms with E-state index in [0.29, 0.717) is 0 Å². The Labute approximate surface area is 411 Å². The number of aromatic nitrogens is 1. The van der Waals surface area contributed by atoms with Crippen molar-refractivity contribution in [2.45, 2.75) is 5.41 Å². The summed E-state index contributed by atoms with van der Waals surface area (Å²) in [4.78, 5) is 2.44. The number of thiophene rings is 1. The molecule has 13 aromatic rings. The van der Waals surface area contributed by atoms with Gasteiger partial charge in [-0.2, -0.15) is 0 Å². The lowest BCUT2D eigenvalue weighted by Gasteiger charge is -2.34. The molecule has 70 heavy (non-hydrogen) atoms. The van der Waals surface area contributed by atoms with E-state index >= 15 is 0 Å². The number of rotatable bonds is 8. The van der Waals surface area contributed by atoms with Crippen LogP contribution in [-0.4, -0.2) is 4.57 Å². The zero-order valence-corrected chi connectivity index (χ0v) is 39.0. The highest BCUT2D eigenvalue weighted by molar-refractivity contribution is 7.25. The van der Waals surface area contributed by atoms with Crippen LogP contribution in [0.1, 0.15) is 22.3 Å². The van der Waals surface area contributed by atoms with Crippen molar-refractivity contribution in [1.82, 2.24) is 4.57 Å². The predicted molar refractivity (Wildman–Crippen MR) is 297 cm³/mol. The van der Waals surface area contributed by atoms with Gasteiger partial charge in [-0.3, -0.25) is 0 Å². The lowest BCUT2D eigenvalue weighted by atomic mass is 9.68. The van der Waals surface area contributed by atoms with E-state index in [-0.39, 0.29) is 0 Å². The van der Waals surface area contributed by atoms with E-state index in [1.807, 2.05) is 11.3 Å². The summed E-state index contributed by atoms with van der Waals surface area (Å²) < 4.78 is 5.06. The molecule has 0 bridgehead atoms. The van der Waals surface area contributed by atoms with Crippen molar-refractivity contribution in [2.24, 2.45) is 0 Å². The summed E-state index contributed by atoms with van der Waals surface area (Å²) in [6.45, 7) is 0. The van der Waals surface area contributed by atoms with Gasteiger partial charge in [-0.05, 0) is 134 Å². The Morgan fingerprint density at radius 2 is 0.857 bits per heavy atom. The van der Waals surface area contributed by atoms with Crippen molar-refractivity contribution in [1.29, 1.82) is 0 Å². The monoisotopic (exact) mass is 908 g/mol. The maximum Gasteiger partial charge on any atom is 0.0713 e. The second-order valence-corrected chi connectivity index (χ2v) is 19.5. The largest absolute Gasteiger partial charge is 0.310 e. The Hall–Kier alpha value is -8.76. The van der Waals surface area contributed by atoms with Crippen molar-refractivity contribution in [3.63, 3.8) is 0 Å². The first-order valence-electron chi connectivity index (χ1n) is 24.1. The highest BCUT2D eigenvalue weighted by Crippen LogP contribution is 2.57. The first-order valence-corrected chi connectivity index (χ1v) is 24.9. The Kier molecular flexibility index (Phi) is 9.33. The third kappa shape index (κ3) is 6.25. The van der Waals surface area contributed by atoms with Crippen LogP contribution in [0.2, 0.25) is 0 Å². The van der Waals surface area contributed by atoms with Gasteiger partial charge in [0.1, 0.15) is 0 Å². The molecule has 0 N–H and O–H groups in total. The molecule has 0 saturated heterocycles. The lowest BCUT2D eigenvalue weighted by molar-refractivity contribution is 0.768. The molecule has 2 heterocycles. The van der Waals surface area contributed by atoms with Gasteiger partial charge in [0.2, 0.25) is 0 Å². The third-order valence-corrected chi connectivity index (χ3v) is 15.8. The Morgan fingerprint density at radius 3 is 1.60 bits per heavy atom. The fraction of sp³-hybridized carbons (Fsp3) is 0.0149. The van der Waals surface area contributed by atoms with Gasteiger partial charge in [0.05, 0.1) is 16.4 Å². The standard InChI is InChI=1S/C67H44N2S/c1-3-19-49(20-4-1)67(50-21-5-2-6-22-50)61-29-11-7-25-55(61)59-44-54(38-39-62(59)67)68(52-23-16-24-53(43-52)69-63-30-12-8-26-56(63)57-27-9-13-31-64(57)69)51-36-33-45(34-37-51)46-17-15-18-47(41-46)48-35-40-66-60(42-48)58-28-10-14-32-65(58)70-66/h1-44H. The van der Waals surface area contributed by atoms with Gasteiger partial charge < -0.3 is 9.47 Å². The van der Waals surface area contributed by atoms with E-state index in [4.69, 9.17) is 0 Å². The number of para-hydroxylation sites is 2. The molecule has 14 rings (SSSR count). The molecule has 2 nitrogen and oxygen atoms in total. The van der Waals surface area contributed by atoms with Crippen LogP contribution in [0, 0.1) is 0 Å². The maximum absolute atomic E-state index is 2.44. The van der Waals surface area contributed by atoms with Crippen LogP contribution < -0.4 is 4.90 Å². The molecule has 1 aliphatic carbocycles. The molecule has 328 valence electrons. The highest BCUT2D eigenvalue weighted by atomic mass is 32.1. The molecule has 0 amide bonds. The van der Waals surface area contributed by atoms with E-state index in [2.05, 4.69) is 276 Å². The van der Waals surface area contributed by atoms with Crippen molar-refractivity contribution >= 4 is 70.4 Å². The van der Waals surface area contributed by atoms with Crippen LogP contribution in [-0.2, 0) is 5.41 Å². The van der Waals surface area contributed by atoms with Gasteiger partial charge in [0, 0.05) is 53.7 Å². The zero-order valence-electron chi connectivity index (χ0n) is 38.2. The van der Waals surface area contributed by atoms with Gasteiger partial charge in [0.25, 0.3) is 0 Å². The average Bonchev–Trinajstić information content (AvgIpc) is 4.08. The molecule has 2 aromatic heterocycles. The fourth-order valence-corrected chi connectivity index (χ4v) is 12.7. The van der Waals surface area contributed by atoms with Crippen LogP contribution in [0.4, 0.5) is 17.1 Å². The number of benzene rings is 11. The van der Waals surface area contributed by atoms with E-state index < -0.39 is 5.41 Å². The summed E-state index contributed by atoms with van der Waals surface area (Å²) in [5.41, 5.74) is 18.7. The average molecular weight is 909 g/mol. The van der Waals surface area contributed by atoms with Gasteiger partial charge in [-0.15, -0.1) is 11.3 Å². The molecular formula is C67H44N2S. The second-order valence-electron chi connectivity index (χ2n) is 18.4. The molecule has 0 unspecified atom stereocenters. The van der Waals surface area contributed by atoms with E-state index in [0.717, 1.165) is 22.7 Å². The molecule has 0 spiro atoms. The molecule has 0 aliphatic heterocycles. The number of hydrogen-bond acceptors (Lipinski definition) is 2. The van der Waals surface area contributed by atoms with Crippen molar-refractivity contribution < 1.29 is 0 Å². The van der Waals surface area contributed by atoms with Crippen molar-refractivity contribution in [2.75, 3.05) is 4.90 Å². The number of hydrogen-bond donors (Lipinski definition) is 0. The molecule has 0 fully saturated rings. The van der Waals surface area contributed by atoms with Crippen LogP contribution in [0.15, 0.2) is 267 Å². The van der Waals surface area contributed by atoms with E-state index in [1.165, 1.54) is 97.6 Å². The minimum Gasteiger partial charge on any atom is -0.310 e. The minimum atomic E-state index is -0.478. The summed E-state index contributed by atoms with van der Waals surface area (Å²) >= 11 is 1.86. The number of nitrogens with zero attached hydrogens (tertiary/aromatic N) is 2. The predicted octanol–water partition coefficient (Wildman–Crippen LogP) is 18.3. The molecular weight excluding hydrogens is 865 g/mol. The first kappa shape index (κ1) is 40.3. The quantitative estimate of drug-likeness (QED) is 0.147. The Balaban J connectivity index is 0.926. The normalized spacial score (nSPS) is 12.7. The number of anilines is 3. The van der Waals surface area contributed by atoms with E-state index in [1.54, 1.807) is 0 Å². The lowest BCUT2D eigenvalue weighted by Crippen LogP contribution is -2.28. The van der Waals surface area contributed by atoms with Gasteiger partial charge in [-0.25, -0.2) is 0 Å². The van der Waals surface area contributed by atoms with Crippen LogP contribution >= 0.6 is 11.3 Å². The van der Waals surface area contributed by atoms with Gasteiger partial charge >= 0.3 is 0 Å². The van der Waals surface area contributed by atoms with Crippen LogP contribution in [0.5, 0.6) is 0 Å². The summed E-state index contributed by atoms with van der Waals surface area (Å²) in [5, 5.41) is 5.13. The Morgan fingerprint density at radius 1 is 0.314 bits per heavy atom. The van der Waals surface area contributed by atoms with Crippen molar-refractivity contribution in [3.8, 4) is 39.1 Å². The van der Waals surface area contributed by atoms with Crippen LogP contribution in [0.25, 0.3) is 81.0 Å². The summed E-state index contributed by atoms with van der Waals surface area (Å²) in [6.07, 6.45) is 0. The zero-order chi connectivity index (χ0) is 46.2. The smallest absolute Gasteiger partial charge is 0.0713 e.